The summed E-state index contributed by atoms with van der Waals surface area (Å²) < 4.78 is 15.6. The SMILES string of the molecule is CCOC(=O)c1c(NC(=O)COC(=O)c2ccc3ocnc3c2)sc2c1CCc1ccccc1-2. The molecule has 0 fully saturated rings. The molecule has 34 heavy (non-hydrogen) atoms. The standard InChI is InChI=1S/C25H20N2O6S/c1-2-31-25(30)21-17-9-7-14-5-3-4-6-16(14)22(17)34-23(21)27-20(28)12-32-24(29)15-8-10-19-18(11-15)26-13-33-19/h3-6,8,10-11,13H,2,7,9,12H2,1H3,(H,27,28). The Morgan fingerprint density at radius 1 is 1.09 bits per heavy atom. The van der Waals surface area contributed by atoms with E-state index in [1.807, 2.05) is 18.2 Å². The molecule has 1 amide bonds. The molecule has 0 aliphatic heterocycles. The number of fused-ring (bicyclic) bond motifs is 4. The second-order valence-electron chi connectivity index (χ2n) is 7.65. The van der Waals surface area contributed by atoms with Gasteiger partial charge in [0, 0.05) is 4.88 Å². The first-order valence-corrected chi connectivity index (χ1v) is 11.6. The van der Waals surface area contributed by atoms with Crippen molar-refractivity contribution in [2.75, 3.05) is 18.5 Å². The number of rotatable bonds is 6. The van der Waals surface area contributed by atoms with Crippen LogP contribution in [0.4, 0.5) is 5.00 Å². The highest BCUT2D eigenvalue weighted by atomic mass is 32.1. The third kappa shape index (κ3) is 4.06. The molecular formula is C25H20N2O6S. The predicted octanol–water partition coefficient (Wildman–Crippen LogP) is 4.63. The molecule has 5 rings (SSSR count). The Hall–Kier alpha value is -3.98. The molecular weight excluding hydrogens is 456 g/mol. The number of oxazole rings is 1. The fourth-order valence-corrected chi connectivity index (χ4v) is 5.32. The van der Waals surface area contributed by atoms with Crippen LogP contribution in [0.15, 0.2) is 53.3 Å². The molecule has 1 aliphatic carbocycles. The van der Waals surface area contributed by atoms with E-state index in [0.717, 1.165) is 22.4 Å². The summed E-state index contributed by atoms with van der Waals surface area (Å²) in [6, 6.07) is 12.7. The lowest BCUT2D eigenvalue weighted by Crippen LogP contribution is -2.22. The van der Waals surface area contributed by atoms with Crippen molar-refractivity contribution in [1.82, 2.24) is 4.98 Å². The van der Waals surface area contributed by atoms with Gasteiger partial charge < -0.3 is 19.2 Å². The topological polar surface area (TPSA) is 108 Å². The number of carbonyl (C=O) groups is 3. The number of esters is 2. The number of ether oxygens (including phenoxy) is 2. The zero-order valence-electron chi connectivity index (χ0n) is 18.3. The molecule has 1 N–H and O–H groups in total. The molecule has 0 saturated carbocycles. The molecule has 2 heterocycles. The quantitative estimate of drug-likeness (QED) is 0.404. The van der Waals surface area contributed by atoms with E-state index < -0.39 is 24.5 Å². The zero-order chi connectivity index (χ0) is 23.7. The number of hydrogen-bond acceptors (Lipinski definition) is 8. The minimum atomic E-state index is -0.662. The van der Waals surface area contributed by atoms with Crippen LogP contribution >= 0.6 is 11.3 Å². The van der Waals surface area contributed by atoms with Gasteiger partial charge in [-0.3, -0.25) is 4.79 Å². The number of aromatic nitrogens is 1. The first kappa shape index (κ1) is 21.8. The van der Waals surface area contributed by atoms with Crippen molar-refractivity contribution in [1.29, 1.82) is 0 Å². The van der Waals surface area contributed by atoms with Gasteiger partial charge in [-0.1, -0.05) is 24.3 Å². The molecule has 9 heteroatoms. The Labute approximate surface area is 198 Å². The molecule has 1 aliphatic rings. The minimum Gasteiger partial charge on any atom is -0.462 e. The van der Waals surface area contributed by atoms with Gasteiger partial charge in [-0.05, 0) is 54.7 Å². The predicted molar refractivity (Wildman–Crippen MR) is 126 cm³/mol. The van der Waals surface area contributed by atoms with Crippen molar-refractivity contribution in [3.05, 3.63) is 71.1 Å². The zero-order valence-corrected chi connectivity index (χ0v) is 19.1. The fourth-order valence-electron chi connectivity index (χ4n) is 4.01. The lowest BCUT2D eigenvalue weighted by atomic mass is 9.89. The van der Waals surface area contributed by atoms with Crippen molar-refractivity contribution in [2.45, 2.75) is 19.8 Å². The Kier molecular flexibility index (Phi) is 5.85. The molecule has 4 aromatic rings. The van der Waals surface area contributed by atoms with Crippen molar-refractivity contribution >= 4 is 45.3 Å². The molecule has 0 bridgehead atoms. The van der Waals surface area contributed by atoms with Gasteiger partial charge in [0.1, 0.15) is 10.5 Å². The molecule has 0 unspecified atom stereocenters. The first-order valence-electron chi connectivity index (χ1n) is 10.8. The maximum absolute atomic E-state index is 12.8. The van der Waals surface area contributed by atoms with Crippen LogP contribution in [-0.4, -0.2) is 36.0 Å². The number of nitrogens with one attached hydrogen (secondary N) is 1. The summed E-state index contributed by atoms with van der Waals surface area (Å²) in [7, 11) is 0. The summed E-state index contributed by atoms with van der Waals surface area (Å²) >= 11 is 1.33. The highest BCUT2D eigenvalue weighted by Gasteiger charge is 2.29. The average molecular weight is 477 g/mol. The van der Waals surface area contributed by atoms with E-state index in [1.54, 1.807) is 13.0 Å². The van der Waals surface area contributed by atoms with Gasteiger partial charge in [-0.2, -0.15) is 0 Å². The van der Waals surface area contributed by atoms with Gasteiger partial charge >= 0.3 is 11.9 Å². The third-order valence-electron chi connectivity index (χ3n) is 5.55. The highest BCUT2D eigenvalue weighted by molar-refractivity contribution is 7.20. The Bertz CT molecular complexity index is 1420. The molecule has 8 nitrogen and oxygen atoms in total. The van der Waals surface area contributed by atoms with Crippen LogP contribution in [0, 0.1) is 0 Å². The molecule has 0 atom stereocenters. The Morgan fingerprint density at radius 2 is 1.94 bits per heavy atom. The smallest absolute Gasteiger partial charge is 0.341 e. The van der Waals surface area contributed by atoms with E-state index in [-0.39, 0.29) is 12.2 Å². The molecule has 2 aromatic heterocycles. The van der Waals surface area contributed by atoms with Crippen molar-refractivity contribution in [3.8, 4) is 10.4 Å². The maximum Gasteiger partial charge on any atom is 0.341 e. The summed E-state index contributed by atoms with van der Waals surface area (Å²) in [4.78, 5) is 42.8. The van der Waals surface area contributed by atoms with Crippen LogP contribution < -0.4 is 5.32 Å². The van der Waals surface area contributed by atoms with Crippen LogP contribution in [0.1, 0.15) is 38.8 Å². The van der Waals surface area contributed by atoms with Gasteiger partial charge in [0.15, 0.2) is 18.6 Å². The second-order valence-corrected chi connectivity index (χ2v) is 8.67. The first-order chi connectivity index (χ1) is 16.5. The minimum absolute atomic E-state index is 0.223. The number of benzene rings is 2. The Morgan fingerprint density at radius 3 is 2.79 bits per heavy atom. The van der Waals surface area contributed by atoms with Crippen LogP contribution in [-0.2, 0) is 27.1 Å². The van der Waals surface area contributed by atoms with Crippen LogP contribution in [0.5, 0.6) is 0 Å². The van der Waals surface area contributed by atoms with E-state index in [9.17, 15) is 14.4 Å². The summed E-state index contributed by atoms with van der Waals surface area (Å²) in [6.07, 6.45) is 2.76. The molecule has 172 valence electrons. The van der Waals surface area contributed by atoms with Gasteiger partial charge in [-0.15, -0.1) is 11.3 Å². The number of anilines is 1. The Balaban J connectivity index is 1.35. The van der Waals surface area contributed by atoms with E-state index in [2.05, 4.69) is 16.4 Å². The lowest BCUT2D eigenvalue weighted by molar-refractivity contribution is -0.119. The fraction of sp³-hybridized carbons (Fsp3) is 0.200. The lowest BCUT2D eigenvalue weighted by Gasteiger charge is -2.16. The van der Waals surface area contributed by atoms with Gasteiger partial charge in [0.05, 0.1) is 17.7 Å². The van der Waals surface area contributed by atoms with Crippen LogP contribution in [0.3, 0.4) is 0 Å². The monoisotopic (exact) mass is 476 g/mol. The average Bonchev–Trinajstić information content (AvgIpc) is 3.46. The number of aryl methyl sites for hydroxylation is 1. The van der Waals surface area contributed by atoms with E-state index in [4.69, 9.17) is 13.9 Å². The number of hydrogen-bond donors (Lipinski definition) is 1. The number of carbonyl (C=O) groups excluding carboxylic acids is 3. The summed E-state index contributed by atoms with van der Waals surface area (Å²) in [5.74, 6) is -1.69. The van der Waals surface area contributed by atoms with Crippen molar-refractivity contribution < 1.29 is 28.3 Å². The van der Waals surface area contributed by atoms with Gasteiger partial charge in [0.25, 0.3) is 5.91 Å². The van der Waals surface area contributed by atoms with E-state index in [0.29, 0.717) is 28.1 Å². The summed E-state index contributed by atoms with van der Waals surface area (Å²) in [5, 5.41) is 3.14. The second kappa shape index (κ2) is 9.11. The molecule has 0 spiro atoms. The van der Waals surface area contributed by atoms with Crippen molar-refractivity contribution in [3.63, 3.8) is 0 Å². The number of nitrogens with zero attached hydrogens (tertiary/aromatic N) is 1. The maximum atomic E-state index is 12.8. The van der Waals surface area contributed by atoms with Crippen LogP contribution in [0.25, 0.3) is 21.5 Å². The van der Waals surface area contributed by atoms with Crippen LogP contribution in [0.2, 0.25) is 0 Å². The summed E-state index contributed by atoms with van der Waals surface area (Å²) in [6.45, 7) is 1.46. The summed E-state index contributed by atoms with van der Waals surface area (Å²) in [5.41, 5.74) is 4.80. The van der Waals surface area contributed by atoms with Gasteiger partial charge in [0.2, 0.25) is 0 Å². The van der Waals surface area contributed by atoms with E-state index >= 15 is 0 Å². The molecule has 0 radical (unpaired) electrons. The molecule has 0 saturated heterocycles. The molecule has 2 aromatic carbocycles. The van der Waals surface area contributed by atoms with Gasteiger partial charge in [-0.25, -0.2) is 14.6 Å². The van der Waals surface area contributed by atoms with Crippen molar-refractivity contribution in [2.24, 2.45) is 0 Å². The number of thiophene rings is 1. The number of amides is 1. The third-order valence-corrected chi connectivity index (χ3v) is 6.73. The van der Waals surface area contributed by atoms with E-state index in [1.165, 1.54) is 35.4 Å². The normalized spacial score (nSPS) is 12.0. The largest absolute Gasteiger partial charge is 0.462 e. The highest BCUT2D eigenvalue weighted by Crippen LogP contribution is 2.45.